The van der Waals surface area contributed by atoms with Crippen LogP contribution in [0.3, 0.4) is 0 Å². The molecule has 1 unspecified atom stereocenters. The first-order valence-electron chi connectivity index (χ1n) is 11.3. The van der Waals surface area contributed by atoms with Gasteiger partial charge in [-0.3, -0.25) is 14.5 Å². The van der Waals surface area contributed by atoms with Crippen molar-refractivity contribution in [3.63, 3.8) is 0 Å². The Morgan fingerprint density at radius 2 is 1.93 bits per heavy atom. The molecule has 2 amide bonds. The number of nitriles is 1. The number of hydrogen-bond acceptors (Lipinski definition) is 4. The molecule has 0 spiro atoms. The van der Waals surface area contributed by atoms with Crippen molar-refractivity contribution >= 4 is 11.8 Å². The van der Waals surface area contributed by atoms with Gasteiger partial charge in [-0.25, -0.2) is 0 Å². The van der Waals surface area contributed by atoms with Gasteiger partial charge in [-0.15, -0.1) is 0 Å². The maximum atomic E-state index is 14.0. The minimum absolute atomic E-state index is 0.0387. The molecule has 2 aliphatic heterocycles. The van der Waals surface area contributed by atoms with Crippen LogP contribution in [0.4, 0.5) is 0 Å². The van der Waals surface area contributed by atoms with E-state index in [4.69, 9.17) is 0 Å². The summed E-state index contributed by atoms with van der Waals surface area (Å²) in [6.07, 6.45) is 6.88. The van der Waals surface area contributed by atoms with Gasteiger partial charge in [0.05, 0.1) is 11.6 Å². The first-order valence-corrected chi connectivity index (χ1v) is 11.3. The Kier molecular flexibility index (Phi) is 6.10. The minimum atomic E-state index is -0.828. The van der Waals surface area contributed by atoms with Crippen molar-refractivity contribution in [2.24, 2.45) is 0 Å². The molecule has 3 aliphatic rings. The highest BCUT2D eigenvalue weighted by Crippen LogP contribution is 2.36. The molecule has 1 aromatic carbocycles. The van der Waals surface area contributed by atoms with Gasteiger partial charge in [-0.05, 0) is 49.8 Å². The number of nitrogens with zero attached hydrogens (tertiary/aromatic N) is 4. The number of amides is 2. The Morgan fingerprint density at radius 1 is 1.10 bits per heavy atom. The maximum absolute atomic E-state index is 14.0. The van der Waals surface area contributed by atoms with Crippen LogP contribution in [0.25, 0.3) is 0 Å². The topological polar surface area (TPSA) is 67.6 Å². The van der Waals surface area contributed by atoms with Crippen molar-refractivity contribution in [1.29, 1.82) is 5.26 Å². The van der Waals surface area contributed by atoms with Crippen LogP contribution in [0.15, 0.2) is 24.3 Å². The van der Waals surface area contributed by atoms with Crippen LogP contribution < -0.4 is 0 Å². The van der Waals surface area contributed by atoms with Gasteiger partial charge in [0.25, 0.3) is 0 Å². The van der Waals surface area contributed by atoms with E-state index < -0.39 is 5.54 Å². The van der Waals surface area contributed by atoms with E-state index in [-0.39, 0.29) is 11.8 Å². The van der Waals surface area contributed by atoms with E-state index in [9.17, 15) is 14.9 Å². The largest absolute Gasteiger partial charge is 0.339 e. The molecule has 1 atom stereocenters. The smallest absolute Gasteiger partial charge is 0.248 e. The van der Waals surface area contributed by atoms with E-state index in [2.05, 4.69) is 11.0 Å². The highest BCUT2D eigenvalue weighted by Gasteiger charge is 2.50. The van der Waals surface area contributed by atoms with Crippen molar-refractivity contribution < 1.29 is 9.59 Å². The van der Waals surface area contributed by atoms with E-state index in [1.165, 1.54) is 19.3 Å². The zero-order valence-electron chi connectivity index (χ0n) is 18.0. The summed E-state index contributed by atoms with van der Waals surface area (Å²) in [5.41, 5.74) is 0.709. The quantitative estimate of drug-likeness (QED) is 0.768. The van der Waals surface area contributed by atoms with Crippen LogP contribution in [0.2, 0.25) is 0 Å². The first-order chi connectivity index (χ1) is 14.5. The summed E-state index contributed by atoms with van der Waals surface area (Å²) < 4.78 is 0. The number of benzene rings is 1. The molecule has 1 aliphatic carbocycles. The summed E-state index contributed by atoms with van der Waals surface area (Å²) in [5.74, 6) is 0.0521. The predicted molar refractivity (Wildman–Crippen MR) is 115 cm³/mol. The standard InChI is InChI=1S/C24H32N4O2/c1-19(29)28-13-4-10-24(28,17-20-6-2-7-21(16-20)18-25)23(30)27-12-5-11-26(14-15-27)22-8-3-9-22/h2,6-7,16,22H,3-5,8-15,17H2,1H3. The van der Waals surface area contributed by atoms with Gasteiger partial charge in [0, 0.05) is 52.1 Å². The Hall–Kier alpha value is -2.39. The molecule has 0 radical (unpaired) electrons. The summed E-state index contributed by atoms with van der Waals surface area (Å²) in [6.45, 7) is 5.67. The van der Waals surface area contributed by atoms with Gasteiger partial charge in [0.2, 0.25) is 11.8 Å². The normalized spacial score (nSPS) is 25.5. The first kappa shape index (κ1) is 20.9. The highest BCUT2D eigenvalue weighted by molar-refractivity contribution is 5.92. The molecule has 6 heteroatoms. The van der Waals surface area contributed by atoms with Gasteiger partial charge in [-0.2, -0.15) is 5.26 Å². The molecule has 30 heavy (non-hydrogen) atoms. The minimum Gasteiger partial charge on any atom is -0.339 e. The number of rotatable bonds is 4. The van der Waals surface area contributed by atoms with E-state index in [0.29, 0.717) is 31.0 Å². The van der Waals surface area contributed by atoms with Gasteiger partial charge >= 0.3 is 0 Å². The molecule has 0 bridgehead atoms. The van der Waals surface area contributed by atoms with Crippen molar-refractivity contribution in [3.8, 4) is 6.07 Å². The summed E-state index contributed by atoms with van der Waals surface area (Å²) >= 11 is 0. The Labute approximate surface area is 179 Å². The van der Waals surface area contributed by atoms with Crippen molar-refractivity contribution in [3.05, 3.63) is 35.4 Å². The Balaban J connectivity index is 1.58. The monoisotopic (exact) mass is 408 g/mol. The van der Waals surface area contributed by atoms with E-state index in [1.807, 2.05) is 23.1 Å². The van der Waals surface area contributed by atoms with Crippen LogP contribution in [0.5, 0.6) is 0 Å². The molecular formula is C24H32N4O2. The average Bonchev–Trinajstić information content (AvgIpc) is 2.99. The second kappa shape index (κ2) is 8.77. The van der Waals surface area contributed by atoms with E-state index in [1.54, 1.807) is 17.9 Å². The van der Waals surface area contributed by atoms with Crippen LogP contribution in [0.1, 0.15) is 56.6 Å². The van der Waals surface area contributed by atoms with Gasteiger partial charge < -0.3 is 9.80 Å². The third kappa shape index (κ3) is 3.96. The summed E-state index contributed by atoms with van der Waals surface area (Å²) in [7, 11) is 0. The SMILES string of the molecule is CC(=O)N1CCCC1(Cc1cccc(C#N)c1)C(=O)N1CCCN(C2CCC2)CC1. The molecule has 2 saturated heterocycles. The van der Waals surface area contributed by atoms with Crippen LogP contribution >= 0.6 is 0 Å². The van der Waals surface area contributed by atoms with Crippen molar-refractivity contribution in [2.75, 3.05) is 32.7 Å². The Morgan fingerprint density at radius 3 is 2.63 bits per heavy atom. The second-order valence-electron chi connectivity index (χ2n) is 9.06. The fourth-order valence-corrected chi connectivity index (χ4v) is 5.46. The third-order valence-corrected chi connectivity index (χ3v) is 7.23. The van der Waals surface area contributed by atoms with Gasteiger partial charge in [0.1, 0.15) is 5.54 Å². The Bertz CT molecular complexity index is 844. The third-order valence-electron chi connectivity index (χ3n) is 7.23. The van der Waals surface area contributed by atoms with Gasteiger partial charge in [-0.1, -0.05) is 18.6 Å². The fourth-order valence-electron chi connectivity index (χ4n) is 5.46. The molecule has 160 valence electrons. The molecule has 4 rings (SSSR count). The molecule has 1 saturated carbocycles. The molecule has 3 fully saturated rings. The molecule has 2 heterocycles. The van der Waals surface area contributed by atoms with Crippen LogP contribution in [-0.2, 0) is 16.0 Å². The van der Waals surface area contributed by atoms with Crippen LogP contribution in [-0.4, -0.2) is 70.8 Å². The lowest BCUT2D eigenvalue weighted by Gasteiger charge is -2.41. The van der Waals surface area contributed by atoms with E-state index in [0.717, 1.165) is 44.6 Å². The molecule has 1 aromatic rings. The lowest BCUT2D eigenvalue weighted by atomic mass is 9.85. The number of carbonyl (C=O) groups is 2. The van der Waals surface area contributed by atoms with Crippen LogP contribution in [0, 0.1) is 11.3 Å². The molecule has 6 nitrogen and oxygen atoms in total. The number of hydrogen-bond donors (Lipinski definition) is 0. The molecule has 0 aromatic heterocycles. The predicted octanol–water partition coefficient (Wildman–Crippen LogP) is 2.57. The highest BCUT2D eigenvalue weighted by atomic mass is 16.2. The number of likely N-dealkylation sites (tertiary alicyclic amines) is 1. The lowest BCUT2D eigenvalue weighted by Crippen LogP contribution is -2.59. The summed E-state index contributed by atoms with van der Waals surface area (Å²) in [4.78, 5) is 32.8. The average molecular weight is 409 g/mol. The maximum Gasteiger partial charge on any atom is 0.248 e. The fraction of sp³-hybridized carbons (Fsp3) is 0.625. The van der Waals surface area contributed by atoms with Gasteiger partial charge in [0.15, 0.2) is 0 Å². The summed E-state index contributed by atoms with van der Waals surface area (Å²) in [5, 5.41) is 9.27. The van der Waals surface area contributed by atoms with E-state index >= 15 is 0 Å². The van der Waals surface area contributed by atoms with Crippen molar-refractivity contribution in [2.45, 2.75) is 63.5 Å². The molecular weight excluding hydrogens is 376 g/mol. The number of carbonyl (C=O) groups excluding carboxylic acids is 2. The zero-order chi connectivity index (χ0) is 21.1. The molecule has 0 N–H and O–H groups in total. The summed E-state index contributed by atoms with van der Waals surface area (Å²) in [6, 6.07) is 10.3. The zero-order valence-corrected chi connectivity index (χ0v) is 18.0. The van der Waals surface area contributed by atoms with Crippen molar-refractivity contribution in [1.82, 2.24) is 14.7 Å². The lowest BCUT2D eigenvalue weighted by molar-refractivity contribution is -0.150. The second-order valence-corrected chi connectivity index (χ2v) is 9.06.